The lowest BCUT2D eigenvalue weighted by Crippen LogP contribution is -2.57. The van der Waals surface area contributed by atoms with Crippen molar-refractivity contribution in [3.8, 4) is 10.4 Å². The number of nitrogens with zero attached hydrogens (tertiary/aromatic N) is 2. The minimum Gasteiger partial charge on any atom is -0.350 e. The van der Waals surface area contributed by atoms with Gasteiger partial charge in [0.15, 0.2) is 0 Å². The van der Waals surface area contributed by atoms with Crippen molar-refractivity contribution in [2.75, 3.05) is 17.5 Å². The maximum absolute atomic E-state index is 13.9. The molecule has 0 radical (unpaired) electrons. The van der Waals surface area contributed by atoms with Crippen molar-refractivity contribution in [3.05, 3.63) is 41.0 Å². The number of hydrogen-bond acceptors (Lipinski definition) is 5. The normalized spacial score (nSPS) is 17.2. The van der Waals surface area contributed by atoms with E-state index >= 15 is 0 Å². The Morgan fingerprint density at radius 3 is 2.35 bits per heavy atom. The molecule has 2 unspecified atom stereocenters. The lowest BCUT2D eigenvalue weighted by molar-refractivity contribution is -0.142. The fourth-order valence-electron chi connectivity index (χ4n) is 5.97. The molecule has 3 rings (SSSR count). The van der Waals surface area contributed by atoms with Crippen molar-refractivity contribution >= 4 is 45.7 Å². The molecule has 2 N–H and O–H groups in total. The summed E-state index contributed by atoms with van der Waals surface area (Å²) in [4.78, 5) is 34.6. The monoisotopic (exact) mass is 680 g/mol. The summed E-state index contributed by atoms with van der Waals surface area (Å²) in [5, 5.41) is 6.75. The molecule has 0 aliphatic carbocycles. The van der Waals surface area contributed by atoms with Crippen molar-refractivity contribution in [1.82, 2.24) is 20.5 Å². The van der Waals surface area contributed by atoms with E-state index in [2.05, 4.69) is 111 Å². The second kappa shape index (κ2) is 13.6. The molecule has 0 saturated carbocycles. The molecule has 1 saturated heterocycles. The van der Waals surface area contributed by atoms with Crippen molar-refractivity contribution in [2.45, 2.75) is 99.7 Å². The van der Waals surface area contributed by atoms with Gasteiger partial charge in [-0.05, 0) is 60.0 Å². The predicted molar refractivity (Wildman–Crippen MR) is 176 cm³/mol. The van der Waals surface area contributed by atoms with Gasteiger partial charge in [0.2, 0.25) is 11.8 Å². The average molecular weight is 681 g/mol. The van der Waals surface area contributed by atoms with Crippen LogP contribution in [-0.2, 0) is 16.1 Å². The molecule has 2 atom stereocenters. The third-order valence-electron chi connectivity index (χ3n) is 7.89. The summed E-state index contributed by atoms with van der Waals surface area (Å²) < 4.78 is 1.15. The SMILES string of the molecule is Cc1ncsc1-c1ccc(CNC(=O)C2CCCN2C(=O)C(NCC(C)(C)CC(C)(C)CCI)C(C)(C)C)cc1. The zero-order valence-electron chi connectivity index (χ0n) is 25.7. The summed E-state index contributed by atoms with van der Waals surface area (Å²) in [5.74, 6) is -0.0292. The first-order chi connectivity index (χ1) is 18.6. The first kappa shape index (κ1) is 33.0. The zero-order chi connectivity index (χ0) is 29.7. The van der Waals surface area contributed by atoms with Crippen LogP contribution < -0.4 is 10.6 Å². The Hall–Kier alpha value is -1.52. The van der Waals surface area contributed by atoms with Crippen LogP contribution in [0, 0.1) is 23.2 Å². The number of carbonyl (C=O) groups is 2. The molecule has 1 aromatic carbocycles. The highest BCUT2D eigenvalue weighted by atomic mass is 127. The number of alkyl halides is 1. The summed E-state index contributed by atoms with van der Waals surface area (Å²) in [5.41, 5.74) is 5.11. The molecule has 222 valence electrons. The summed E-state index contributed by atoms with van der Waals surface area (Å²) in [6, 6.07) is 7.49. The lowest BCUT2D eigenvalue weighted by Gasteiger charge is -2.39. The number of amides is 2. The Kier molecular flexibility index (Phi) is 11.2. The van der Waals surface area contributed by atoms with Crippen LogP contribution in [-0.4, -0.2) is 51.3 Å². The van der Waals surface area contributed by atoms with Gasteiger partial charge in [-0.2, -0.15) is 0 Å². The molecule has 1 fully saturated rings. The van der Waals surface area contributed by atoms with E-state index in [-0.39, 0.29) is 34.1 Å². The molecule has 40 heavy (non-hydrogen) atoms. The lowest BCUT2D eigenvalue weighted by atomic mass is 9.73. The van der Waals surface area contributed by atoms with Gasteiger partial charge in [-0.15, -0.1) is 11.3 Å². The second-order valence-corrected chi connectivity index (χ2v) is 15.9. The van der Waals surface area contributed by atoms with Crippen molar-refractivity contribution in [1.29, 1.82) is 0 Å². The van der Waals surface area contributed by atoms with Gasteiger partial charge in [-0.3, -0.25) is 9.59 Å². The van der Waals surface area contributed by atoms with E-state index < -0.39 is 6.04 Å². The average Bonchev–Trinajstić information content (AvgIpc) is 3.50. The molecule has 2 heterocycles. The van der Waals surface area contributed by atoms with Gasteiger partial charge in [-0.25, -0.2) is 4.98 Å². The summed E-state index contributed by atoms with van der Waals surface area (Å²) >= 11 is 4.09. The van der Waals surface area contributed by atoms with Gasteiger partial charge in [0, 0.05) is 24.1 Å². The number of halogens is 1. The number of nitrogens with one attached hydrogen (secondary N) is 2. The van der Waals surface area contributed by atoms with E-state index in [1.807, 2.05) is 17.3 Å². The summed E-state index contributed by atoms with van der Waals surface area (Å²) in [7, 11) is 0. The number of thiazole rings is 1. The van der Waals surface area contributed by atoms with Gasteiger partial charge in [0.25, 0.3) is 0 Å². The van der Waals surface area contributed by atoms with Crippen molar-refractivity contribution in [2.24, 2.45) is 16.2 Å². The maximum Gasteiger partial charge on any atom is 0.243 e. The number of hydrogen-bond donors (Lipinski definition) is 2. The third-order valence-corrected chi connectivity index (χ3v) is 9.41. The molecule has 0 bridgehead atoms. The van der Waals surface area contributed by atoms with Gasteiger partial charge in [-0.1, -0.05) is 95.3 Å². The van der Waals surface area contributed by atoms with E-state index in [1.165, 1.54) is 11.3 Å². The Labute approximate surface area is 259 Å². The smallest absolute Gasteiger partial charge is 0.243 e. The van der Waals surface area contributed by atoms with Crippen LogP contribution in [0.3, 0.4) is 0 Å². The van der Waals surface area contributed by atoms with E-state index in [0.29, 0.717) is 19.5 Å². The highest BCUT2D eigenvalue weighted by Crippen LogP contribution is 2.37. The fourth-order valence-corrected chi connectivity index (χ4v) is 8.25. The first-order valence-electron chi connectivity index (χ1n) is 14.5. The molecule has 0 spiro atoms. The second-order valence-electron chi connectivity index (χ2n) is 14.0. The molecule has 1 aliphatic rings. The van der Waals surface area contributed by atoms with Crippen LogP contribution in [0.1, 0.15) is 85.4 Å². The van der Waals surface area contributed by atoms with Crippen LogP contribution in [0.4, 0.5) is 0 Å². The molecular formula is C32H49IN4O2S. The first-order valence-corrected chi connectivity index (χ1v) is 16.9. The van der Waals surface area contributed by atoms with E-state index in [4.69, 9.17) is 0 Å². The number of benzene rings is 1. The van der Waals surface area contributed by atoms with E-state index in [9.17, 15) is 9.59 Å². The Bertz CT molecular complexity index is 1140. The summed E-state index contributed by atoms with van der Waals surface area (Å²) in [6.45, 7) is 19.4. The minimum atomic E-state index is -0.422. The molecule has 2 aromatic rings. The number of likely N-dealkylation sites (tertiary alicyclic amines) is 1. The number of aryl methyl sites for hydroxylation is 1. The van der Waals surface area contributed by atoms with Crippen molar-refractivity contribution < 1.29 is 9.59 Å². The van der Waals surface area contributed by atoms with Crippen LogP contribution in [0.15, 0.2) is 29.8 Å². The number of aromatic nitrogens is 1. The Balaban J connectivity index is 1.62. The van der Waals surface area contributed by atoms with Crippen LogP contribution in [0.25, 0.3) is 10.4 Å². The number of carbonyl (C=O) groups excluding carboxylic acids is 2. The van der Waals surface area contributed by atoms with Gasteiger partial charge < -0.3 is 15.5 Å². The minimum absolute atomic E-state index is 0.0387. The highest BCUT2D eigenvalue weighted by molar-refractivity contribution is 14.1. The number of rotatable bonds is 12. The van der Waals surface area contributed by atoms with Gasteiger partial charge >= 0.3 is 0 Å². The molecule has 2 amide bonds. The van der Waals surface area contributed by atoms with Crippen LogP contribution in [0.5, 0.6) is 0 Å². The molecule has 1 aliphatic heterocycles. The van der Waals surface area contributed by atoms with Crippen LogP contribution in [0.2, 0.25) is 0 Å². The maximum atomic E-state index is 13.9. The molecular weight excluding hydrogens is 631 g/mol. The van der Waals surface area contributed by atoms with Gasteiger partial charge in [0.05, 0.1) is 22.1 Å². The third kappa shape index (κ3) is 8.99. The Morgan fingerprint density at radius 2 is 1.77 bits per heavy atom. The zero-order valence-corrected chi connectivity index (χ0v) is 28.7. The van der Waals surface area contributed by atoms with E-state index in [0.717, 1.165) is 40.6 Å². The molecule has 8 heteroatoms. The molecule has 6 nitrogen and oxygen atoms in total. The summed E-state index contributed by atoms with van der Waals surface area (Å²) in [6.07, 6.45) is 3.81. The fraction of sp³-hybridized carbons (Fsp3) is 0.656. The van der Waals surface area contributed by atoms with Crippen LogP contribution >= 0.6 is 33.9 Å². The quantitative estimate of drug-likeness (QED) is 0.187. The Morgan fingerprint density at radius 1 is 1.10 bits per heavy atom. The standard InChI is InChI=1S/C32H49IN4O2S/c1-22-26(40-21-36-22)24-13-11-23(12-14-24)18-34-28(38)25-10-9-17-37(25)29(39)27(30(2,3)4)35-20-32(7,8)19-31(5,6)15-16-33/h11-14,21,25,27,35H,9-10,15-20H2,1-8H3,(H,34,38). The van der Waals surface area contributed by atoms with E-state index in [1.54, 1.807) is 11.3 Å². The largest absolute Gasteiger partial charge is 0.350 e. The topological polar surface area (TPSA) is 74.3 Å². The van der Waals surface area contributed by atoms with Crippen molar-refractivity contribution in [3.63, 3.8) is 0 Å². The highest BCUT2D eigenvalue weighted by Gasteiger charge is 2.41. The van der Waals surface area contributed by atoms with Gasteiger partial charge in [0.1, 0.15) is 6.04 Å². The predicted octanol–water partition coefficient (Wildman–Crippen LogP) is 7.00. The molecule has 1 aromatic heterocycles.